The predicted octanol–water partition coefficient (Wildman–Crippen LogP) is 6.20. The van der Waals surface area contributed by atoms with Crippen molar-refractivity contribution in [3.63, 3.8) is 0 Å². The van der Waals surface area contributed by atoms with Crippen LogP contribution < -0.4 is 14.8 Å². The van der Waals surface area contributed by atoms with Gasteiger partial charge >= 0.3 is 0 Å². The molecule has 7 rings (SSSR count). The molecule has 2 aliphatic heterocycles. The van der Waals surface area contributed by atoms with Gasteiger partial charge in [-0.25, -0.2) is 4.98 Å². The minimum absolute atomic E-state index is 0.0129. The van der Waals surface area contributed by atoms with Gasteiger partial charge in [0, 0.05) is 61.0 Å². The van der Waals surface area contributed by atoms with E-state index in [1.807, 2.05) is 80.3 Å². The SMILES string of the molecule is C=CC1CC1(NC(=O)[C@@H]1C[C@@H](Oc2cc(-c3ccccc3)nc3cc(OC)ccc23)CN1C(=O)[C@@H](CC(=O)N1CCC(CCC)CC1)C(C)(C)C)C(=O)N(C1CC1)S(=O)[O-]. The van der Waals surface area contributed by atoms with Crippen LogP contribution in [0.2, 0.25) is 0 Å². The first kappa shape index (κ1) is 43.3. The van der Waals surface area contributed by atoms with Crippen LogP contribution in [0.3, 0.4) is 0 Å². The Labute approximate surface area is 355 Å². The number of likely N-dealkylation sites (tertiary alicyclic amines) is 2. The summed E-state index contributed by atoms with van der Waals surface area (Å²) in [5, 5.41) is 3.64. The number of ether oxygens (including phenoxy) is 2. The number of nitrogens with one attached hydrogen (secondary N) is 1. The average Bonchev–Trinajstić information content (AvgIpc) is 4.15. The second-order valence-corrected chi connectivity index (χ2v) is 18.9. The fourth-order valence-corrected chi connectivity index (χ4v) is 9.79. The summed E-state index contributed by atoms with van der Waals surface area (Å²) < 4.78 is 37.8. The number of aromatic nitrogens is 1. The van der Waals surface area contributed by atoms with Crippen molar-refractivity contribution in [1.29, 1.82) is 0 Å². The maximum absolute atomic E-state index is 15.0. The molecule has 1 aromatic heterocycles. The molecule has 60 heavy (non-hydrogen) atoms. The quantitative estimate of drug-likeness (QED) is 0.139. The van der Waals surface area contributed by atoms with E-state index in [0.29, 0.717) is 59.9 Å². The maximum Gasteiger partial charge on any atom is 0.260 e. The Kier molecular flexibility index (Phi) is 12.7. The summed E-state index contributed by atoms with van der Waals surface area (Å²) in [7, 11) is 1.59. The maximum atomic E-state index is 15.0. The highest BCUT2D eigenvalue weighted by molar-refractivity contribution is 7.77. The van der Waals surface area contributed by atoms with Crippen LogP contribution in [-0.2, 0) is 30.4 Å². The van der Waals surface area contributed by atoms with Crippen LogP contribution in [0.15, 0.2) is 67.3 Å². The number of nitrogens with zero attached hydrogens (tertiary/aromatic N) is 4. The highest BCUT2D eigenvalue weighted by Gasteiger charge is 2.63. The molecule has 13 nitrogen and oxygen atoms in total. The summed E-state index contributed by atoms with van der Waals surface area (Å²) in [6, 6.07) is 15.5. The topological polar surface area (TPSA) is 162 Å². The number of carbonyl (C=O) groups is 4. The third kappa shape index (κ3) is 9.09. The van der Waals surface area contributed by atoms with Crippen molar-refractivity contribution in [3.05, 3.63) is 67.3 Å². The fourth-order valence-electron chi connectivity index (χ4n) is 9.04. The van der Waals surface area contributed by atoms with Crippen molar-refractivity contribution in [2.75, 3.05) is 26.7 Å². The Balaban J connectivity index is 1.20. The van der Waals surface area contributed by atoms with Crippen molar-refractivity contribution < 1.29 is 37.4 Å². The van der Waals surface area contributed by atoms with Crippen LogP contribution >= 0.6 is 0 Å². The summed E-state index contributed by atoms with van der Waals surface area (Å²) in [5.74, 6) is -1.26. The van der Waals surface area contributed by atoms with E-state index >= 15 is 4.79 Å². The largest absolute Gasteiger partial charge is 0.755 e. The molecule has 0 spiro atoms. The number of methoxy groups -OCH3 is 1. The van der Waals surface area contributed by atoms with E-state index in [4.69, 9.17) is 14.5 Å². The molecular weight excluding hydrogens is 783 g/mol. The Morgan fingerprint density at radius 2 is 1.80 bits per heavy atom. The standard InChI is InChI=1S/C46H59N5O8S/c1-7-12-29-19-21-49(22-20-29)41(52)25-36(45(3,4)5)43(54)50-28-34(24-39(50)42(53)48-46(27-31(46)8-2)44(55)51(60(56)57)32-15-16-32)59-40-26-37(30-13-10-9-11-14-30)47-38-23-33(58-6)17-18-35(38)40/h8-11,13-14,17-18,23,26,29,31-32,34,36,39H,2,7,12,15-16,19-22,24-25,27-28H2,1,3-6H3,(H,48,53)(H,56,57)/p-1/t31?,34-,36-,39+,46?/m1/s1. The van der Waals surface area contributed by atoms with Crippen LogP contribution in [0.1, 0.15) is 85.5 Å². The van der Waals surface area contributed by atoms with Gasteiger partial charge in [0.15, 0.2) is 0 Å². The van der Waals surface area contributed by atoms with E-state index in [1.165, 1.54) is 4.90 Å². The number of rotatable bonds is 15. The summed E-state index contributed by atoms with van der Waals surface area (Å²) in [6.45, 7) is 13.2. The molecule has 4 amide bonds. The molecule has 0 radical (unpaired) electrons. The van der Waals surface area contributed by atoms with Gasteiger partial charge in [0.2, 0.25) is 17.7 Å². The fraction of sp³-hybridized carbons (Fsp3) is 0.543. The third-order valence-corrected chi connectivity index (χ3v) is 13.6. The van der Waals surface area contributed by atoms with Crippen molar-refractivity contribution in [1.82, 2.24) is 24.4 Å². The molecule has 6 atom stereocenters. The van der Waals surface area contributed by atoms with E-state index < -0.39 is 64.1 Å². The van der Waals surface area contributed by atoms with Gasteiger partial charge in [0.1, 0.15) is 29.2 Å². The van der Waals surface area contributed by atoms with Gasteiger partial charge in [-0.05, 0) is 55.6 Å². The second-order valence-electron chi connectivity index (χ2n) is 18.1. The molecule has 2 aliphatic carbocycles. The first-order chi connectivity index (χ1) is 28.7. The second kappa shape index (κ2) is 17.6. The number of benzene rings is 2. The Bertz CT molecular complexity index is 2130. The van der Waals surface area contributed by atoms with Gasteiger partial charge in [-0.2, -0.15) is 0 Å². The van der Waals surface area contributed by atoms with Crippen LogP contribution in [0.25, 0.3) is 22.2 Å². The number of amides is 4. The van der Waals surface area contributed by atoms with E-state index in [1.54, 1.807) is 13.2 Å². The molecule has 3 unspecified atom stereocenters. The smallest absolute Gasteiger partial charge is 0.260 e. The minimum Gasteiger partial charge on any atom is -0.755 e. The van der Waals surface area contributed by atoms with Crippen LogP contribution in [0.5, 0.6) is 11.5 Å². The Morgan fingerprint density at radius 3 is 2.40 bits per heavy atom. The van der Waals surface area contributed by atoms with Gasteiger partial charge in [0.05, 0.1) is 42.0 Å². The molecule has 322 valence electrons. The van der Waals surface area contributed by atoms with Crippen LogP contribution in [0, 0.1) is 23.2 Å². The van der Waals surface area contributed by atoms with Crippen molar-refractivity contribution in [2.24, 2.45) is 23.2 Å². The predicted molar refractivity (Wildman–Crippen MR) is 228 cm³/mol. The minimum atomic E-state index is -2.83. The van der Waals surface area contributed by atoms with Crippen LogP contribution in [-0.4, -0.2) is 102 Å². The molecule has 4 fully saturated rings. The molecule has 3 aromatic rings. The molecule has 2 saturated heterocycles. The van der Waals surface area contributed by atoms with Crippen LogP contribution in [0.4, 0.5) is 0 Å². The van der Waals surface area contributed by atoms with E-state index in [0.717, 1.165) is 35.6 Å². The van der Waals surface area contributed by atoms with Crippen molar-refractivity contribution in [2.45, 2.75) is 109 Å². The zero-order chi connectivity index (χ0) is 42.9. The lowest BCUT2D eigenvalue weighted by atomic mass is 9.77. The Morgan fingerprint density at radius 1 is 1.08 bits per heavy atom. The zero-order valence-corrected chi connectivity index (χ0v) is 36.2. The number of fused-ring (bicyclic) bond motifs is 1. The molecule has 14 heteroatoms. The molecule has 2 aromatic carbocycles. The lowest BCUT2D eigenvalue weighted by Gasteiger charge is -2.37. The van der Waals surface area contributed by atoms with Gasteiger partial charge in [0.25, 0.3) is 5.91 Å². The van der Waals surface area contributed by atoms with Gasteiger partial charge in [-0.3, -0.25) is 27.7 Å². The van der Waals surface area contributed by atoms with Gasteiger partial charge in [-0.15, -0.1) is 6.58 Å². The molecule has 3 heterocycles. The molecule has 1 N–H and O–H groups in total. The van der Waals surface area contributed by atoms with Gasteiger partial charge in [-0.1, -0.05) is 76.9 Å². The number of piperidine rings is 1. The molecule has 4 aliphatic rings. The lowest BCUT2D eigenvalue weighted by Crippen LogP contribution is -2.57. The normalized spacial score (nSPS) is 24.1. The number of hydrogen-bond donors (Lipinski definition) is 1. The summed E-state index contributed by atoms with van der Waals surface area (Å²) in [4.78, 5) is 65.9. The van der Waals surface area contributed by atoms with E-state index in [9.17, 15) is 23.1 Å². The molecular formula is C46H58N5O8S-. The lowest BCUT2D eigenvalue weighted by molar-refractivity contribution is -0.149. The van der Waals surface area contributed by atoms with Crippen molar-refractivity contribution in [3.8, 4) is 22.8 Å². The average molecular weight is 841 g/mol. The number of pyridine rings is 1. The van der Waals surface area contributed by atoms with Gasteiger partial charge < -0.3 is 29.1 Å². The number of carbonyl (C=O) groups excluding carboxylic acids is 4. The first-order valence-corrected chi connectivity index (χ1v) is 22.4. The number of hydrogen-bond acceptors (Lipinski definition) is 9. The van der Waals surface area contributed by atoms with E-state index in [-0.39, 0.29) is 37.6 Å². The monoisotopic (exact) mass is 840 g/mol. The van der Waals surface area contributed by atoms with Crippen molar-refractivity contribution >= 4 is 45.8 Å². The first-order valence-electron chi connectivity index (χ1n) is 21.3. The Hall–Kier alpha value is -4.82. The van der Waals surface area contributed by atoms with E-state index in [2.05, 4.69) is 18.8 Å². The zero-order valence-electron chi connectivity index (χ0n) is 35.4. The summed E-state index contributed by atoms with van der Waals surface area (Å²) >= 11 is -2.83. The highest BCUT2D eigenvalue weighted by atomic mass is 32.2. The summed E-state index contributed by atoms with van der Waals surface area (Å²) in [6.07, 6.45) is 6.36. The third-order valence-electron chi connectivity index (χ3n) is 12.8. The molecule has 2 saturated carbocycles. The highest BCUT2D eigenvalue weighted by Crippen LogP contribution is 2.48. The molecule has 0 bridgehead atoms. The summed E-state index contributed by atoms with van der Waals surface area (Å²) in [5.41, 5.74) is 0.00989.